The number of nitrogens with zero attached hydrogens (tertiary/aromatic N) is 1. The maximum Gasteiger partial charge on any atom is 0.223 e. The van der Waals surface area contributed by atoms with Gasteiger partial charge in [0.05, 0.1) is 20.3 Å². The van der Waals surface area contributed by atoms with Gasteiger partial charge < -0.3 is 14.4 Å². The fourth-order valence-electron chi connectivity index (χ4n) is 3.17. The van der Waals surface area contributed by atoms with E-state index in [4.69, 9.17) is 9.47 Å². The molecule has 23 heavy (non-hydrogen) atoms. The van der Waals surface area contributed by atoms with E-state index in [1.807, 2.05) is 30.0 Å². The van der Waals surface area contributed by atoms with Crippen LogP contribution in [0.1, 0.15) is 35.4 Å². The summed E-state index contributed by atoms with van der Waals surface area (Å²) in [6.07, 6.45) is 1.35. The highest BCUT2D eigenvalue weighted by Gasteiger charge is 2.33. The van der Waals surface area contributed by atoms with Crippen LogP contribution < -0.4 is 9.47 Å². The van der Waals surface area contributed by atoms with E-state index in [-0.39, 0.29) is 11.9 Å². The third kappa shape index (κ3) is 2.81. The van der Waals surface area contributed by atoms with Crippen LogP contribution in [0.25, 0.3) is 0 Å². The normalized spacial score (nSPS) is 16.8. The minimum Gasteiger partial charge on any atom is -0.493 e. The molecule has 1 atom stereocenters. The van der Waals surface area contributed by atoms with Crippen molar-refractivity contribution in [3.05, 3.63) is 45.6 Å². The van der Waals surface area contributed by atoms with E-state index in [1.165, 1.54) is 10.4 Å². The van der Waals surface area contributed by atoms with E-state index >= 15 is 0 Å². The van der Waals surface area contributed by atoms with Crippen LogP contribution in [0.3, 0.4) is 0 Å². The van der Waals surface area contributed by atoms with E-state index < -0.39 is 0 Å². The maximum absolute atomic E-state index is 12.4. The number of thiophene rings is 1. The molecule has 0 N–H and O–H groups in total. The third-order valence-electron chi connectivity index (χ3n) is 4.31. The number of ether oxygens (including phenoxy) is 2. The summed E-state index contributed by atoms with van der Waals surface area (Å²) in [6, 6.07) is 8.16. The summed E-state index contributed by atoms with van der Waals surface area (Å²) >= 11 is 1.68. The van der Waals surface area contributed by atoms with Gasteiger partial charge in [0, 0.05) is 17.8 Å². The van der Waals surface area contributed by atoms with Crippen LogP contribution in [0.5, 0.6) is 11.5 Å². The summed E-state index contributed by atoms with van der Waals surface area (Å²) in [6.45, 7) is 2.65. The molecule has 1 aromatic heterocycles. The lowest BCUT2D eigenvalue weighted by molar-refractivity contribution is -0.132. The van der Waals surface area contributed by atoms with Crippen LogP contribution in [-0.4, -0.2) is 31.6 Å². The van der Waals surface area contributed by atoms with Crippen LogP contribution in [0.15, 0.2) is 29.6 Å². The van der Waals surface area contributed by atoms with E-state index in [0.29, 0.717) is 12.2 Å². The summed E-state index contributed by atoms with van der Waals surface area (Å²) < 4.78 is 10.9. The van der Waals surface area contributed by atoms with Crippen molar-refractivity contribution in [2.75, 3.05) is 20.8 Å². The largest absolute Gasteiger partial charge is 0.493 e. The molecule has 122 valence electrons. The predicted octanol–water partition coefficient (Wildman–Crippen LogP) is 3.65. The highest BCUT2D eigenvalue weighted by atomic mass is 32.1. The van der Waals surface area contributed by atoms with Gasteiger partial charge in [-0.15, -0.1) is 11.3 Å². The molecular weight excluding hydrogens is 310 g/mol. The van der Waals surface area contributed by atoms with Crippen LogP contribution in [0, 0.1) is 0 Å². The molecule has 0 radical (unpaired) electrons. The number of fused-ring (bicyclic) bond motifs is 1. The van der Waals surface area contributed by atoms with Crippen LogP contribution in [0.2, 0.25) is 0 Å². The van der Waals surface area contributed by atoms with Gasteiger partial charge in [-0.3, -0.25) is 4.79 Å². The number of rotatable bonds is 4. The first-order valence-electron chi connectivity index (χ1n) is 7.77. The molecule has 1 amide bonds. The Bertz CT molecular complexity index is 697. The van der Waals surface area contributed by atoms with Crippen LogP contribution >= 0.6 is 11.3 Å². The van der Waals surface area contributed by atoms with Gasteiger partial charge in [0.1, 0.15) is 0 Å². The minimum absolute atomic E-state index is 0.0361. The fourth-order valence-corrected chi connectivity index (χ4v) is 4.03. The summed E-state index contributed by atoms with van der Waals surface area (Å²) in [4.78, 5) is 15.6. The topological polar surface area (TPSA) is 38.8 Å². The van der Waals surface area contributed by atoms with Crippen molar-refractivity contribution < 1.29 is 14.3 Å². The van der Waals surface area contributed by atoms with Gasteiger partial charge in [-0.05, 0) is 41.1 Å². The average molecular weight is 331 g/mol. The standard InChI is InChI=1S/C18H21NO3S/c1-4-17(20)19-8-7-12-10-14(21-2)15(22-3)11-13(12)18(19)16-6-5-9-23-16/h5-6,9-11,18H,4,7-8H2,1-3H3. The Morgan fingerprint density at radius 3 is 2.65 bits per heavy atom. The summed E-state index contributed by atoms with van der Waals surface area (Å²) in [5.74, 6) is 1.63. The van der Waals surface area contributed by atoms with Crippen molar-refractivity contribution in [1.82, 2.24) is 4.90 Å². The van der Waals surface area contributed by atoms with Gasteiger partial charge in [-0.2, -0.15) is 0 Å². The second-order valence-electron chi connectivity index (χ2n) is 5.51. The number of hydrogen-bond donors (Lipinski definition) is 0. The molecule has 5 heteroatoms. The Morgan fingerprint density at radius 2 is 2.04 bits per heavy atom. The first-order valence-corrected chi connectivity index (χ1v) is 8.65. The highest BCUT2D eigenvalue weighted by Crippen LogP contribution is 2.42. The lowest BCUT2D eigenvalue weighted by Gasteiger charge is -2.37. The van der Waals surface area contributed by atoms with Crippen molar-refractivity contribution in [1.29, 1.82) is 0 Å². The highest BCUT2D eigenvalue weighted by molar-refractivity contribution is 7.10. The van der Waals surface area contributed by atoms with Crippen molar-refractivity contribution in [3.8, 4) is 11.5 Å². The molecule has 0 bridgehead atoms. The van der Waals surface area contributed by atoms with E-state index in [2.05, 4.69) is 11.4 Å². The van der Waals surface area contributed by atoms with E-state index in [1.54, 1.807) is 25.6 Å². The molecule has 1 aliphatic rings. The molecule has 4 nitrogen and oxygen atoms in total. The lowest BCUT2D eigenvalue weighted by atomic mass is 9.90. The molecule has 1 aliphatic heterocycles. The second-order valence-corrected chi connectivity index (χ2v) is 6.49. The lowest BCUT2D eigenvalue weighted by Crippen LogP contribution is -2.40. The fraction of sp³-hybridized carbons (Fsp3) is 0.389. The van der Waals surface area contributed by atoms with E-state index in [9.17, 15) is 4.79 Å². The zero-order valence-electron chi connectivity index (χ0n) is 13.7. The smallest absolute Gasteiger partial charge is 0.223 e. The van der Waals surface area contributed by atoms with Gasteiger partial charge in [0.15, 0.2) is 11.5 Å². The molecule has 1 aromatic carbocycles. The molecule has 2 aromatic rings. The van der Waals surface area contributed by atoms with Crippen molar-refractivity contribution in [2.24, 2.45) is 0 Å². The van der Waals surface area contributed by atoms with Crippen molar-refractivity contribution in [3.63, 3.8) is 0 Å². The Labute approximate surface area is 140 Å². The SMILES string of the molecule is CCC(=O)N1CCc2cc(OC)c(OC)cc2C1c1cccs1. The number of benzene rings is 1. The second kappa shape index (κ2) is 6.62. The summed E-state index contributed by atoms with van der Waals surface area (Å²) in [5.41, 5.74) is 2.36. The zero-order chi connectivity index (χ0) is 16.4. The first kappa shape index (κ1) is 15.9. The number of carbonyl (C=O) groups is 1. The number of carbonyl (C=O) groups excluding carboxylic acids is 1. The van der Waals surface area contributed by atoms with Gasteiger partial charge >= 0.3 is 0 Å². The van der Waals surface area contributed by atoms with Crippen molar-refractivity contribution >= 4 is 17.2 Å². The summed E-state index contributed by atoms with van der Waals surface area (Å²) in [7, 11) is 3.29. The number of methoxy groups -OCH3 is 2. The predicted molar refractivity (Wildman–Crippen MR) is 91.4 cm³/mol. The van der Waals surface area contributed by atoms with Gasteiger partial charge in [-0.25, -0.2) is 0 Å². The molecule has 1 unspecified atom stereocenters. The Balaban J connectivity index is 2.14. The molecule has 0 spiro atoms. The van der Waals surface area contributed by atoms with Crippen LogP contribution in [0.4, 0.5) is 0 Å². The van der Waals surface area contributed by atoms with Gasteiger partial charge in [-0.1, -0.05) is 13.0 Å². The Kier molecular flexibility index (Phi) is 4.57. The van der Waals surface area contributed by atoms with Crippen LogP contribution in [-0.2, 0) is 11.2 Å². The quantitative estimate of drug-likeness (QED) is 0.858. The maximum atomic E-state index is 12.4. The molecule has 0 aliphatic carbocycles. The number of amides is 1. The summed E-state index contributed by atoms with van der Waals surface area (Å²) in [5, 5.41) is 2.05. The Hall–Kier alpha value is -2.01. The molecular formula is C18H21NO3S. The van der Waals surface area contributed by atoms with Gasteiger partial charge in [0.25, 0.3) is 0 Å². The number of hydrogen-bond acceptors (Lipinski definition) is 4. The first-order chi connectivity index (χ1) is 11.2. The molecule has 0 saturated heterocycles. The third-order valence-corrected chi connectivity index (χ3v) is 5.23. The zero-order valence-corrected chi connectivity index (χ0v) is 14.5. The van der Waals surface area contributed by atoms with Gasteiger partial charge in [0.2, 0.25) is 5.91 Å². The molecule has 0 fully saturated rings. The van der Waals surface area contributed by atoms with E-state index in [0.717, 1.165) is 24.3 Å². The minimum atomic E-state index is -0.0361. The molecule has 3 rings (SSSR count). The molecule has 0 saturated carbocycles. The molecule has 2 heterocycles. The Morgan fingerprint density at radius 1 is 1.30 bits per heavy atom. The van der Waals surface area contributed by atoms with Crippen molar-refractivity contribution in [2.45, 2.75) is 25.8 Å². The monoisotopic (exact) mass is 331 g/mol. The average Bonchev–Trinajstić information content (AvgIpc) is 3.12.